The lowest BCUT2D eigenvalue weighted by Gasteiger charge is -2.09. The summed E-state index contributed by atoms with van der Waals surface area (Å²) in [6.07, 6.45) is -4.98. The lowest BCUT2D eigenvalue weighted by molar-refractivity contribution is -0.167. The van der Waals surface area contributed by atoms with E-state index in [0.717, 1.165) is 0 Å². The van der Waals surface area contributed by atoms with Gasteiger partial charge in [0.25, 0.3) is 0 Å². The number of alkyl halides is 3. The fourth-order valence-corrected chi connectivity index (χ4v) is 1.07. The Hall–Kier alpha value is -1.93. The Morgan fingerprint density at radius 3 is 2.50 bits per heavy atom. The summed E-state index contributed by atoms with van der Waals surface area (Å²) in [6.45, 7) is 1.87. The molecule has 0 aromatic carbocycles. The quantitative estimate of drug-likeness (QED) is 0.700. The van der Waals surface area contributed by atoms with Gasteiger partial charge >= 0.3 is 12.1 Å². The number of imidazole rings is 1. The third-order valence-electron chi connectivity index (χ3n) is 1.83. The van der Waals surface area contributed by atoms with E-state index in [0.29, 0.717) is 0 Å². The van der Waals surface area contributed by atoms with Crippen LogP contribution in [-0.2, 0) is 11.3 Å². The van der Waals surface area contributed by atoms with E-state index in [1.165, 1.54) is 4.57 Å². The molecule has 1 rings (SSSR count). The van der Waals surface area contributed by atoms with Crippen LogP contribution in [0.3, 0.4) is 0 Å². The van der Waals surface area contributed by atoms with E-state index in [1.807, 2.05) is 0 Å². The number of carbonyl (C=O) groups excluding carboxylic acids is 1. The smallest absolute Gasteiger partial charge is 0.382 e. The minimum absolute atomic E-state index is 0.0139. The van der Waals surface area contributed by atoms with E-state index in [1.54, 1.807) is 12.2 Å². The minimum atomic E-state index is -4.98. The molecule has 16 heavy (non-hydrogen) atoms. The third-order valence-corrected chi connectivity index (χ3v) is 1.83. The van der Waals surface area contributed by atoms with Crippen molar-refractivity contribution in [3.8, 4) is 0 Å². The average molecular weight is 237 g/mol. The summed E-state index contributed by atoms with van der Waals surface area (Å²) in [6, 6.07) is 0. The van der Waals surface area contributed by atoms with Crippen LogP contribution in [0, 0.1) is 0 Å². The number of carbonyl (C=O) groups is 1. The Morgan fingerprint density at radius 1 is 1.50 bits per heavy atom. The summed E-state index contributed by atoms with van der Waals surface area (Å²) < 4.78 is 37.1. The first kappa shape index (κ1) is 12.1. The SMILES string of the molecule is CCn1c(NC(=O)C(F)(F)F)nc(N)c1N. The number of halogens is 3. The second-order valence-electron chi connectivity index (χ2n) is 2.90. The number of nitrogens with zero attached hydrogens (tertiary/aromatic N) is 2. The molecule has 0 fully saturated rings. The lowest BCUT2D eigenvalue weighted by Crippen LogP contribution is -2.31. The molecule has 5 N–H and O–H groups in total. The normalized spacial score (nSPS) is 11.5. The molecule has 0 aliphatic rings. The Morgan fingerprint density at radius 2 is 2.06 bits per heavy atom. The summed E-state index contributed by atoms with van der Waals surface area (Å²) in [4.78, 5) is 14.2. The van der Waals surface area contributed by atoms with Crippen molar-refractivity contribution in [2.75, 3.05) is 16.8 Å². The summed E-state index contributed by atoms with van der Waals surface area (Å²) in [5, 5.41) is 1.59. The number of nitrogens with two attached hydrogens (primary N) is 2. The molecule has 0 spiro atoms. The Kier molecular flexibility index (Phi) is 2.97. The molecule has 0 atom stereocenters. The Balaban J connectivity index is 2.98. The maximum Gasteiger partial charge on any atom is 0.471 e. The van der Waals surface area contributed by atoms with Gasteiger partial charge in [0.1, 0.15) is 5.82 Å². The summed E-state index contributed by atoms with van der Waals surface area (Å²) >= 11 is 0. The summed E-state index contributed by atoms with van der Waals surface area (Å²) in [5.74, 6) is -2.55. The van der Waals surface area contributed by atoms with Crippen LogP contribution in [0.15, 0.2) is 0 Å². The van der Waals surface area contributed by atoms with Crippen LogP contribution in [0.25, 0.3) is 0 Å². The number of hydrogen-bond donors (Lipinski definition) is 3. The molecule has 1 aromatic heterocycles. The van der Waals surface area contributed by atoms with Crippen LogP contribution >= 0.6 is 0 Å². The molecule has 90 valence electrons. The largest absolute Gasteiger partial charge is 0.471 e. The highest BCUT2D eigenvalue weighted by atomic mass is 19.4. The Labute approximate surface area is 88.4 Å². The molecule has 1 heterocycles. The average Bonchev–Trinajstić information content (AvgIpc) is 2.41. The molecule has 0 aliphatic carbocycles. The van der Waals surface area contributed by atoms with Crippen LogP contribution in [-0.4, -0.2) is 21.6 Å². The van der Waals surface area contributed by atoms with Gasteiger partial charge in [-0.25, -0.2) is 0 Å². The number of hydrogen-bond acceptors (Lipinski definition) is 4. The van der Waals surface area contributed by atoms with E-state index in [9.17, 15) is 18.0 Å². The minimum Gasteiger partial charge on any atom is -0.382 e. The molecular weight excluding hydrogens is 227 g/mol. The van der Waals surface area contributed by atoms with Gasteiger partial charge in [-0.3, -0.25) is 14.7 Å². The number of nitrogens with one attached hydrogen (secondary N) is 1. The van der Waals surface area contributed by atoms with Crippen LogP contribution in [0.1, 0.15) is 6.92 Å². The van der Waals surface area contributed by atoms with Gasteiger partial charge < -0.3 is 11.5 Å². The highest BCUT2D eigenvalue weighted by Gasteiger charge is 2.39. The molecule has 0 unspecified atom stereocenters. The predicted octanol–water partition coefficient (Wildman–Crippen LogP) is 0.568. The van der Waals surface area contributed by atoms with E-state index in [-0.39, 0.29) is 24.1 Å². The molecule has 0 saturated carbocycles. The number of amides is 1. The van der Waals surface area contributed by atoms with Gasteiger partial charge in [0.05, 0.1) is 0 Å². The van der Waals surface area contributed by atoms with Crippen molar-refractivity contribution in [1.29, 1.82) is 0 Å². The van der Waals surface area contributed by atoms with Crippen molar-refractivity contribution in [2.24, 2.45) is 0 Å². The van der Waals surface area contributed by atoms with Gasteiger partial charge in [-0.05, 0) is 6.92 Å². The van der Waals surface area contributed by atoms with Crippen molar-refractivity contribution < 1.29 is 18.0 Å². The van der Waals surface area contributed by atoms with Crippen molar-refractivity contribution >= 4 is 23.5 Å². The van der Waals surface area contributed by atoms with Crippen LogP contribution in [0.4, 0.5) is 30.8 Å². The van der Waals surface area contributed by atoms with E-state index >= 15 is 0 Å². The van der Waals surface area contributed by atoms with Crippen molar-refractivity contribution in [2.45, 2.75) is 19.6 Å². The molecule has 0 saturated heterocycles. The molecular formula is C7H10F3N5O. The predicted molar refractivity (Wildman–Crippen MR) is 51.4 cm³/mol. The second kappa shape index (κ2) is 3.91. The molecule has 0 radical (unpaired) electrons. The summed E-state index contributed by atoms with van der Waals surface area (Å²) in [5.41, 5.74) is 10.8. The number of nitrogen functional groups attached to an aromatic ring is 2. The fourth-order valence-electron chi connectivity index (χ4n) is 1.07. The molecule has 9 heteroatoms. The molecule has 1 aromatic rings. The topological polar surface area (TPSA) is 99.0 Å². The van der Waals surface area contributed by atoms with Crippen LogP contribution in [0.2, 0.25) is 0 Å². The van der Waals surface area contributed by atoms with Gasteiger partial charge in [-0.1, -0.05) is 0 Å². The monoisotopic (exact) mass is 237 g/mol. The first-order chi connectivity index (χ1) is 7.27. The molecule has 0 aliphatic heterocycles. The van der Waals surface area contributed by atoms with Crippen molar-refractivity contribution in [1.82, 2.24) is 9.55 Å². The van der Waals surface area contributed by atoms with E-state index in [2.05, 4.69) is 4.98 Å². The Bertz CT molecular complexity index is 411. The number of rotatable bonds is 2. The van der Waals surface area contributed by atoms with Crippen molar-refractivity contribution in [3.63, 3.8) is 0 Å². The van der Waals surface area contributed by atoms with Gasteiger partial charge in [0.2, 0.25) is 5.95 Å². The van der Waals surface area contributed by atoms with Gasteiger partial charge in [0.15, 0.2) is 5.82 Å². The molecule has 1 amide bonds. The maximum atomic E-state index is 12.0. The van der Waals surface area contributed by atoms with Gasteiger partial charge in [0, 0.05) is 6.54 Å². The standard InChI is InChI=1S/C7H10F3N5O/c1-2-15-4(12)3(11)13-6(15)14-5(16)7(8,9)10/h2,11-12H2,1H3,(H,13,14,16). The van der Waals surface area contributed by atoms with Gasteiger partial charge in [-0.2, -0.15) is 18.2 Å². The van der Waals surface area contributed by atoms with E-state index in [4.69, 9.17) is 11.5 Å². The maximum absolute atomic E-state index is 12.0. The first-order valence-corrected chi connectivity index (χ1v) is 4.27. The van der Waals surface area contributed by atoms with E-state index < -0.39 is 12.1 Å². The molecule has 0 bridgehead atoms. The fraction of sp³-hybridized carbons (Fsp3) is 0.429. The zero-order valence-electron chi connectivity index (χ0n) is 8.30. The zero-order chi connectivity index (χ0) is 12.5. The lowest BCUT2D eigenvalue weighted by atomic mass is 10.6. The highest BCUT2D eigenvalue weighted by Crippen LogP contribution is 2.22. The highest BCUT2D eigenvalue weighted by molar-refractivity contribution is 5.94. The summed E-state index contributed by atoms with van der Waals surface area (Å²) in [7, 11) is 0. The first-order valence-electron chi connectivity index (χ1n) is 4.27. The van der Waals surface area contributed by atoms with Gasteiger partial charge in [-0.15, -0.1) is 0 Å². The number of anilines is 3. The van der Waals surface area contributed by atoms with Crippen LogP contribution < -0.4 is 16.8 Å². The number of aromatic nitrogens is 2. The third kappa shape index (κ3) is 2.18. The molecule has 6 nitrogen and oxygen atoms in total. The zero-order valence-corrected chi connectivity index (χ0v) is 8.30. The second-order valence-corrected chi connectivity index (χ2v) is 2.90. The van der Waals surface area contributed by atoms with Crippen LogP contribution in [0.5, 0.6) is 0 Å². The van der Waals surface area contributed by atoms with Crippen molar-refractivity contribution in [3.05, 3.63) is 0 Å².